The summed E-state index contributed by atoms with van der Waals surface area (Å²) < 4.78 is 4.63. The molecule has 0 N–H and O–H groups in total. The molecule has 9 heavy (non-hydrogen) atoms. The van der Waals surface area contributed by atoms with E-state index in [2.05, 4.69) is 4.74 Å². The molecule has 0 heterocycles. The van der Waals surface area contributed by atoms with Gasteiger partial charge in [-0.1, -0.05) is 6.92 Å². The molecule has 0 aliphatic rings. The lowest BCUT2D eigenvalue weighted by molar-refractivity contribution is -0.144. The van der Waals surface area contributed by atoms with Crippen LogP contribution in [-0.4, -0.2) is 19.8 Å². The molecule has 0 aromatic heterocycles. The summed E-state index contributed by atoms with van der Waals surface area (Å²) in [4.78, 5) is 10.6. The van der Waals surface area contributed by atoms with E-state index in [-0.39, 0.29) is 5.97 Å². The average Bonchev–Trinajstić information content (AvgIpc) is 1.63. The lowest BCUT2D eigenvalue weighted by atomic mass is 10.0. The Morgan fingerprint density at radius 3 is 2.67 bits per heavy atom. The summed E-state index contributed by atoms with van der Waals surface area (Å²) in [6.07, 6.45) is 1.27. The zero-order chi connectivity index (χ0) is 7.28. The van der Waals surface area contributed by atoms with Crippen LogP contribution in [0.2, 0.25) is 0 Å². The van der Waals surface area contributed by atoms with Gasteiger partial charge in [-0.2, -0.15) is 0 Å². The summed E-state index contributed by atoms with van der Waals surface area (Å²) in [7, 11) is 5.18. The van der Waals surface area contributed by atoms with Crippen molar-refractivity contribution in [3.05, 3.63) is 0 Å². The van der Waals surface area contributed by atoms with Crippen LogP contribution in [0.3, 0.4) is 0 Å². The predicted molar refractivity (Wildman–Crippen MR) is 36.2 cm³/mol. The number of carbonyl (C=O) groups is 1. The standard InChI is InChI=1S/C6H11BO2/c1-3-4-6(8)9-5(2)7/h5H,3-4H2,1-2H3. The molecule has 0 aromatic rings. The van der Waals surface area contributed by atoms with Gasteiger partial charge < -0.3 is 4.74 Å². The first-order valence-electron chi connectivity index (χ1n) is 3.12. The number of rotatable bonds is 3. The van der Waals surface area contributed by atoms with Crippen LogP contribution < -0.4 is 0 Å². The molecule has 0 saturated heterocycles. The van der Waals surface area contributed by atoms with Crippen molar-refractivity contribution in [1.82, 2.24) is 0 Å². The van der Waals surface area contributed by atoms with Crippen LogP contribution in [0.15, 0.2) is 0 Å². The molecule has 0 aromatic carbocycles. The maximum atomic E-state index is 10.6. The first-order valence-corrected chi connectivity index (χ1v) is 3.12. The molecular formula is C6H11BO2. The van der Waals surface area contributed by atoms with E-state index in [9.17, 15) is 4.79 Å². The van der Waals surface area contributed by atoms with E-state index in [4.69, 9.17) is 7.85 Å². The fourth-order valence-corrected chi connectivity index (χ4v) is 0.470. The molecule has 0 spiro atoms. The number of esters is 1. The highest BCUT2D eigenvalue weighted by atomic mass is 16.5. The van der Waals surface area contributed by atoms with Gasteiger partial charge in [0.2, 0.25) is 0 Å². The monoisotopic (exact) mass is 126 g/mol. The van der Waals surface area contributed by atoms with Crippen molar-refractivity contribution in [2.45, 2.75) is 32.7 Å². The molecular weight excluding hydrogens is 115 g/mol. The summed E-state index contributed by atoms with van der Waals surface area (Å²) in [6.45, 7) is 3.55. The van der Waals surface area contributed by atoms with Gasteiger partial charge in [-0.25, -0.2) is 0 Å². The first-order chi connectivity index (χ1) is 4.16. The first kappa shape index (κ1) is 8.53. The second kappa shape index (κ2) is 4.42. The van der Waals surface area contributed by atoms with Crippen molar-refractivity contribution in [3.8, 4) is 0 Å². The maximum absolute atomic E-state index is 10.6. The Kier molecular flexibility index (Phi) is 4.19. The van der Waals surface area contributed by atoms with E-state index in [1.807, 2.05) is 6.92 Å². The number of hydrogen-bond acceptors (Lipinski definition) is 2. The minimum absolute atomic E-state index is 0.215. The van der Waals surface area contributed by atoms with Gasteiger partial charge in [-0.15, -0.1) is 0 Å². The van der Waals surface area contributed by atoms with Gasteiger partial charge in [0, 0.05) is 6.42 Å². The van der Waals surface area contributed by atoms with Gasteiger partial charge in [-0.05, 0) is 13.3 Å². The largest absolute Gasteiger partial charge is 0.473 e. The average molecular weight is 126 g/mol. The lowest BCUT2D eigenvalue weighted by Crippen LogP contribution is -2.13. The molecule has 0 saturated carbocycles. The second-order valence-corrected chi connectivity index (χ2v) is 1.94. The fourth-order valence-electron chi connectivity index (χ4n) is 0.470. The highest BCUT2D eigenvalue weighted by molar-refractivity contribution is 6.11. The highest BCUT2D eigenvalue weighted by Crippen LogP contribution is 1.93. The Morgan fingerprint density at radius 1 is 1.78 bits per heavy atom. The van der Waals surface area contributed by atoms with Gasteiger partial charge in [0.15, 0.2) is 0 Å². The zero-order valence-corrected chi connectivity index (χ0v) is 5.89. The van der Waals surface area contributed by atoms with Gasteiger partial charge in [0.05, 0.1) is 6.00 Å². The summed E-state index contributed by atoms with van der Waals surface area (Å²) >= 11 is 0. The molecule has 3 heteroatoms. The van der Waals surface area contributed by atoms with Crippen molar-refractivity contribution in [1.29, 1.82) is 0 Å². The number of ether oxygens (including phenoxy) is 1. The van der Waals surface area contributed by atoms with E-state index in [1.54, 1.807) is 6.92 Å². The quantitative estimate of drug-likeness (QED) is 0.413. The Balaban J connectivity index is 3.27. The van der Waals surface area contributed by atoms with Crippen LogP contribution >= 0.6 is 0 Å². The minimum atomic E-state index is -0.468. The van der Waals surface area contributed by atoms with Crippen LogP contribution in [0, 0.1) is 0 Å². The molecule has 1 unspecified atom stereocenters. The van der Waals surface area contributed by atoms with Crippen LogP contribution in [0.1, 0.15) is 26.7 Å². The van der Waals surface area contributed by atoms with E-state index >= 15 is 0 Å². The molecule has 0 fully saturated rings. The van der Waals surface area contributed by atoms with Crippen molar-refractivity contribution in [3.63, 3.8) is 0 Å². The van der Waals surface area contributed by atoms with Gasteiger partial charge in [-0.3, -0.25) is 4.79 Å². The van der Waals surface area contributed by atoms with Crippen LogP contribution in [-0.2, 0) is 9.53 Å². The van der Waals surface area contributed by atoms with E-state index in [0.717, 1.165) is 6.42 Å². The summed E-state index contributed by atoms with van der Waals surface area (Å²) in [5.74, 6) is -0.215. The van der Waals surface area contributed by atoms with Crippen LogP contribution in [0.4, 0.5) is 0 Å². The summed E-state index contributed by atoms with van der Waals surface area (Å²) in [5.41, 5.74) is 0. The minimum Gasteiger partial charge on any atom is -0.473 e. The topological polar surface area (TPSA) is 26.3 Å². The number of hydrogen-bond donors (Lipinski definition) is 0. The van der Waals surface area contributed by atoms with Gasteiger partial charge >= 0.3 is 5.97 Å². The van der Waals surface area contributed by atoms with Crippen LogP contribution in [0.25, 0.3) is 0 Å². The zero-order valence-electron chi connectivity index (χ0n) is 5.89. The van der Waals surface area contributed by atoms with Crippen molar-refractivity contribution >= 4 is 13.8 Å². The SMILES string of the molecule is [B]C(C)OC(=O)CCC. The summed E-state index contributed by atoms with van der Waals surface area (Å²) in [6, 6.07) is -0.468. The van der Waals surface area contributed by atoms with E-state index < -0.39 is 6.00 Å². The Hall–Kier alpha value is -0.465. The van der Waals surface area contributed by atoms with Gasteiger partial charge in [0.25, 0.3) is 0 Å². The molecule has 50 valence electrons. The van der Waals surface area contributed by atoms with Crippen molar-refractivity contribution < 1.29 is 9.53 Å². The third-order valence-electron chi connectivity index (χ3n) is 0.771. The number of carbonyl (C=O) groups excluding carboxylic acids is 1. The molecule has 0 rings (SSSR count). The molecule has 1 atom stereocenters. The van der Waals surface area contributed by atoms with Crippen molar-refractivity contribution in [2.75, 3.05) is 0 Å². The lowest BCUT2D eigenvalue weighted by Gasteiger charge is -2.05. The molecule has 0 bridgehead atoms. The van der Waals surface area contributed by atoms with Crippen LogP contribution in [0.5, 0.6) is 0 Å². The predicted octanol–water partition coefficient (Wildman–Crippen LogP) is 0.844. The summed E-state index contributed by atoms with van der Waals surface area (Å²) in [5, 5.41) is 0. The Bertz CT molecular complexity index is 91.1. The highest BCUT2D eigenvalue weighted by Gasteiger charge is 2.01. The normalized spacial score (nSPS) is 12.7. The van der Waals surface area contributed by atoms with E-state index in [1.165, 1.54) is 0 Å². The molecule has 2 radical (unpaired) electrons. The fraction of sp³-hybridized carbons (Fsp3) is 0.833. The third kappa shape index (κ3) is 5.41. The smallest absolute Gasteiger partial charge is 0.305 e. The molecule has 0 aliphatic carbocycles. The van der Waals surface area contributed by atoms with E-state index in [0.29, 0.717) is 6.42 Å². The Labute approximate surface area is 57.0 Å². The Morgan fingerprint density at radius 2 is 2.33 bits per heavy atom. The van der Waals surface area contributed by atoms with Gasteiger partial charge in [0.1, 0.15) is 7.85 Å². The second-order valence-electron chi connectivity index (χ2n) is 1.94. The maximum Gasteiger partial charge on any atom is 0.305 e. The molecule has 0 aliphatic heterocycles. The molecule has 2 nitrogen and oxygen atoms in total. The molecule has 0 amide bonds. The van der Waals surface area contributed by atoms with Crippen molar-refractivity contribution in [2.24, 2.45) is 0 Å². The third-order valence-corrected chi connectivity index (χ3v) is 0.771.